The fraction of sp³-hybridized carbons (Fsp3) is 0.312. The molecule has 1 fully saturated rings. The zero-order valence-electron chi connectivity index (χ0n) is 11.6. The number of hydrogen-bond acceptors (Lipinski definition) is 4. The predicted molar refractivity (Wildman–Crippen MR) is 86.2 cm³/mol. The lowest BCUT2D eigenvalue weighted by Crippen LogP contribution is -2.43. The third-order valence-electron chi connectivity index (χ3n) is 3.66. The van der Waals surface area contributed by atoms with Gasteiger partial charge >= 0.3 is 0 Å². The fourth-order valence-corrected chi connectivity index (χ4v) is 3.36. The zero-order chi connectivity index (χ0) is 14.7. The van der Waals surface area contributed by atoms with E-state index in [9.17, 15) is 9.90 Å². The van der Waals surface area contributed by atoms with E-state index in [0.29, 0.717) is 0 Å². The summed E-state index contributed by atoms with van der Waals surface area (Å²) in [7, 11) is 0. The Bertz CT molecular complexity index is 641. The molecule has 0 bridgehead atoms. The maximum Gasteiger partial charge on any atom is 0.238 e. The van der Waals surface area contributed by atoms with Gasteiger partial charge in [-0.1, -0.05) is 36.4 Å². The highest BCUT2D eigenvalue weighted by Crippen LogP contribution is 2.20. The van der Waals surface area contributed by atoms with Crippen LogP contribution in [0.5, 0.6) is 0 Å². The van der Waals surface area contributed by atoms with Crippen LogP contribution in [0.3, 0.4) is 0 Å². The van der Waals surface area contributed by atoms with Gasteiger partial charge in [-0.25, -0.2) is 0 Å². The molecule has 5 heteroatoms. The summed E-state index contributed by atoms with van der Waals surface area (Å²) in [4.78, 5) is 11.9. The number of carbonyl (C=O) groups excluding carboxylic acids is 1. The predicted octanol–water partition coefficient (Wildman–Crippen LogP) is 1.65. The van der Waals surface area contributed by atoms with Crippen molar-refractivity contribution in [3.8, 4) is 0 Å². The molecule has 0 saturated carbocycles. The van der Waals surface area contributed by atoms with E-state index in [1.165, 1.54) is 0 Å². The minimum atomic E-state index is -0.687. The summed E-state index contributed by atoms with van der Waals surface area (Å²) in [6, 6.07) is 13.7. The Labute approximate surface area is 127 Å². The van der Waals surface area contributed by atoms with Crippen LogP contribution in [0.2, 0.25) is 0 Å². The van der Waals surface area contributed by atoms with Gasteiger partial charge in [-0.05, 0) is 22.4 Å². The van der Waals surface area contributed by atoms with Crippen LogP contribution in [0.1, 0.15) is 11.7 Å². The van der Waals surface area contributed by atoms with E-state index < -0.39 is 6.10 Å². The number of carbonyl (C=O) groups is 1. The van der Waals surface area contributed by atoms with Crippen molar-refractivity contribution in [2.75, 3.05) is 18.2 Å². The number of amides is 1. The number of nitrogens with one attached hydrogen (secondary N) is 2. The Hall–Kier alpha value is -1.56. The Morgan fingerprint density at radius 1 is 1.33 bits per heavy atom. The summed E-state index contributed by atoms with van der Waals surface area (Å²) in [5, 5.41) is 18.4. The third kappa shape index (κ3) is 3.37. The highest BCUT2D eigenvalue weighted by atomic mass is 32.2. The van der Waals surface area contributed by atoms with Crippen LogP contribution in [-0.4, -0.2) is 35.2 Å². The number of rotatable bonds is 4. The summed E-state index contributed by atoms with van der Waals surface area (Å²) in [5.74, 6) is 1.56. The summed E-state index contributed by atoms with van der Waals surface area (Å²) in [6.45, 7) is 0.236. The molecular formula is C16H18N2O2S. The van der Waals surface area contributed by atoms with Crippen LogP contribution in [0, 0.1) is 0 Å². The molecule has 1 heterocycles. The molecule has 0 radical (unpaired) electrons. The van der Waals surface area contributed by atoms with Gasteiger partial charge in [-0.15, -0.1) is 11.8 Å². The van der Waals surface area contributed by atoms with Crippen molar-refractivity contribution in [2.45, 2.75) is 12.1 Å². The highest BCUT2D eigenvalue weighted by molar-refractivity contribution is 7.99. The van der Waals surface area contributed by atoms with Crippen molar-refractivity contribution in [3.05, 3.63) is 48.0 Å². The van der Waals surface area contributed by atoms with Gasteiger partial charge in [-0.3, -0.25) is 10.1 Å². The molecule has 3 rings (SSSR count). The van der Waals surface area contributed by atoms with Crippen molar-refractivity contribution in [2.24, 2.45) is 0 Å². The second-order valence-corrected chi connectivity index (χ2v) is 6.17. The van der Waals surface area contributed by atoms with Gasteiger partial charge in [-0.2, -0.15) is 0 Å². The van der Waals surface area contributed by atoms with E-state index in [2.05, 4.69) is 10.6 Å². The Morgan fingerprint density at radius 2 is 2.14 bits per heavy atom. The van der Waals surface area contributed by atoms with Gasteiger partial charge in [0.2, 0.25) is 5.91 Å². The van der Waals surface area contributed by atoms with E-state index in [1.54, 1.807) is 11.8 Å². The number of benzene rings is 2. The molecule has 0 aromatic heterocycles. The maximum absolute atomic E-state index is 11.9. The van der Waals surface area contributed by atoms with E-state index in [1.807, 2.05) is 42.5 Å². The lowest BCUT2D eigenvalue weighted by Gasteiger charge is -2.15. The number of thioether (sulfide) groups is 1. The lowest BCUT2D eigenvalue weighted by molar-refractivity contribution is -0.122. The molecule has 2 aromatic rings. The standard InChI is InChI=1S/C16H18N2O2S/c19-15(8-17-16(20)14-9-21-10-18-14)13-6-5-11-3-1-2-4-12(11)7-13/h1-7,14-15,18-19H,8-10H2,(H,17,20). The van der Waals surface area contributed by atoms with Gasteiger partial charge in [0.1, 0.15) is 0 Å². The van der Waals surface area contributed by atoms with Crippen LogP contribution in [0.25, 0.3) is 10.8 Å². The van der Waals surface area contributed by atoms with Crippen LogP contribution < -0.4 is 10.6 Å². The molecule has 1 aliphatic heterocycles. The maximum atomic E-state index is 11.9. The first-order valence-electron chi connectivity index (χ1n) is 6.99. The van der Waals surface area contributed by atoms with Gasteiger partial charge in [0.15, 0.2) is 0 Å². The topological polar surface area (TPSA) is 61.4 Å². The number of fused-ring (bicyclic) bond motifs is 1. The molecule has 1 amide bonds. The van der Waals surface area contributed by atoms with Gasteiger partial charge in [0.25, 0.3) is 0 Å². The van der Waals surface area contributed by atoms with E-state index >= 15 is 0 Å². The smallest absolute Gasteiger partial charge is 0.238 e. The summed E-state index contributed by atoms with van der Waals surface area (Å²) >= 11 is 1.71. The Kier molecular flexibility index (Phi) is 4.43. The molecule has 1 aliphatic rings. The molecule has 2 aromatic carbocycles. The molecule has 21 heavy (non-hydrogen) atoms. The number of hydrogen-bond donors (Lipinski definition) is 3. The van der Waals surface area contributed by atoms with Crippen LogP contribution in [-0.2, 0) is 4.79 Å². The molecule has 2 atom stereocenters. The zero-order valence-corrected chi connectivity index (χ0v) is 12.4. The minimum Gasteiger partial charge on any atom is -0.387 e. The normalized spacial score (nSPS) is 19.6. The van der Waals surface area contributed by atoms with Gasteiger partial charge < -0.3 is 10.4 Å². The van der Waals surface area contributed by atoms with Crippen molar-refractivity contribution in [1.82, 2.24) is 10.6 Å². The molecule has 3 N–H and O–H groups in total. The molecule has 2 unspecified atom stereocenters. The monoisotopic (exact) mass is 302 g/mol. The van der Waals surface area contributed by atoms with Crippen LogP contribution in [0.4, 0.5) is 0 Å². The summed E-state index contributed by atoms with van der Waals surface area (Å²) in [5.41, 5.74) is 0.822. The van der Waals surface area contributed by atoms with E-state index in [-0.39, 0.29) is 18.5 Å². The summed E-state index contributed by atoms with van der Waals surface area (Å²) < 4.78 is 0. The third-order valence-corrected chi connectivity index (χ3v) is 4.60. The number of aliphatic hydroxyl groups excluding tert-OH is 1. The lowest BCUT2D eigenvalue weighted by atomic mass is 10.0. The quantitative estimate of drug-likeness (QED) is 0.804. The Morgan fingerprint density at radius 3 is 2.90 bits per heavy atom. The largest absolute Gasteiger partial charge is 0.387 e. The van der Waals surface area contributed by atoms with Crippen molar-refractivity contribution >= 4 is 28.4 Å². The second-order valence-electron chi connectivity index (χ2n) is 5.14. The molecule has 110 valence electrons. The highest BCUT2D eigenvalue weighted by Gasteiger charge is 2.22. The first-order chi connectivity index (χ1) is 10.2. The molecule has 0 aliphatic carbocycles. The van der Waals surface area contributed by atoms with Gasteiger partial charge in [0.05, 0.1) is 12.1 Å². The van der Waals surface area contributed by atoms with Crippen LogP contribution in [0.15, 0.2) is 42.5 Å². The number of aliphatic hydroxyl groups is 1. The SMILES string of the molecule is O=C(NCC(O)c1ccc2ccccc2c1)C1CSCN1. The van der Waals surface area contributed by atoms with E-state index in [0.717, 1.165) is 28.0 Å². The molecular weight excluding hydrogens is 284 g/mol. The first-order valence-corrected chi connectivity index (χ1v) is 8.15. The minimum absolute atomic E-state index is 0.0418. The Balaban J connectivity index is 1.63. The van der Waals surface area contributed by atoms with Gasteiger partial charge in [0, 0.05) is 18.2 Å². The van der Waals surface area contributed by atoms with Crippen molar-refractivity contribution in [3.63, 3.8) is 0 Å². The molecule has 1 saturated heterocycles. The van der Waals surface area contributed by atoms with Crippen LogP contribution >= 0.6 is 11.8 Å². The average Bonchev–Trinajstić information content (AvgIpc) is 3.06. The molecule has 0 spiro atoms. The van der Waals surface area contributed by atoms with Crippen molar-refractivity contribution in [1.29, 1.82) is 0 Å². The average molecular weight is 302 g/mol. The molecule has 4 nitrogen and oxygen atoms in total. The first kappa shape index (κ1) is 14.4. The second kappa shape index (κ2) is 6.47. The summed E-state index contributed by atoms with van der Waals surface area (Å²) in [6.07, 6.45) is -0.687. The fourth-order valence-electron chi connectivity index (χ4n) is 2.42. The van der Waals surface area contributed by atoms with E-state index in [4.69, 9.17) is 0 Å². The van der Waals surface area contributed by atoms with Crippen molar-refractivity contribution < 1.29 is 9.90 Å².